The van der Waals surface area contributed by atoms with Crippen LogP contribution in [0.5, 0.6) is 5.75 Å². The van der Waals surface area contributed by atoms with Gasteiger partial charge in [0, 0.05) is 12.0 Å². The summed E-state index contributed by atoms with van der Waals surface area (Å²) in [6.45, 7) is -0.0643. The van der Waals surface area contributed by atoms with E-state index in [1.54, 1.807) is 60.7 Å². The normalized spacial score (nSPS) is 18.6. The van der Waals surface area contributed by atoms with Gasteiger partial charge in [-0.1, -0.05) is 30.3 Å². The van der Waals surface area contributed by atoms with E-state index in [0.29, 0.717) is 17.1 Å². The van der Waals surface area contributed by atoms with E-state index in [-0.39, 0.29) is 30.8 Å². The van der Waals surface area contributed by atoms with E-state index in [4.69, 9.17) is 9.15 Å². The zero-order valence-electron chi connectivity index (χ0n) is 18.6. The van der Waals surface area contributed by atoms with Crippen molar-refractivity contribution < 1.29 is 28.3 Å². The van der Waals surface area contributed by atoms with Crippen molar-refractivity contribution in [2.75, 3.05) is 18.5 Å². The second-order valence-electron chi connectivity index (χ2n) is 8.18. The number of nitrogens with one attached hydrogen (secondary N) is 3. The number of furan rings is 1. The fraction of sp³-hybridized carbons (Fsp3) is 0.200. The highest BCUT2D eigenvalue weighted by Crippen LogP contribution is 2.40. The molecule has 1 aromatic heterocycles. The van der Waals surface area contributed by atoms with Gasteiger partial charge in [-0.05, 0) is 30.3 Å². The van der Waals surface area contributed by atoms with Gasteiger partial charge in [-0.2, -0.15) is 0 Å². The molecule has 1 saturated heterocycles. The first-order chi connectivity index (χ1) is 17.0. The fourth-order valence-electron chi connectivity index (χ4n) is 4.31. The lowest BCUT2D eigenvalue weighted by Crippen LogP contribution is -2.48. The topological polar surface area (TPSA) is 130 Å². The molecule has 2 aliphatic heterocycles. The molecule has 0 saturated carbocycles. The summed E-state index contributed by atoms with van der Waals surface area (Å²) in [5, 5.41) is 8.13. The summed E-state index contributed by atoms with van der Waals surface area (Å²) in [6.07, 6.45) is 1.76. The van der Waals surface area contributed by atoms with E-state index >= 15 is 0 Å². The van der Waals surface area contributed by atoms with Crippen LogP contribution in [0.4, 0.5) is 10.5 Å². The van der Waals surface area contributed by atoms with Crippen LogP contribution in [0.2, 0.25) is 0 Å². The number of urea groups is 1. The Bertz CT molecular complexity index is 1300. The minimum Gasteiger partial charge on any atom is -0.493 e. The third-order valence-corrected chi connectivity index (χ3v) is 6.01. The molecule has 10 nitrogen and oxygen atoms in total. The molecule has 1 fully saturated rings. The Morgan fingerprint density at radius 3 is 2.66 bits per heavy atom. The molecule has 0 unspecified atom stereocenters. The molecule has 1 spiro atoms. The van der Waals surface area contributed by atoms with Crippen LogP contribution in [0.25, 0.3) is 0 Å². The number of imide groups is 1. The van der Waals surface area contributed by atoms with Gasteiger partial charge in [-0.15, -0.1) is 0 Å². The Hall–Kier alpha value is -4.60. The molecule has 3 aromatic rings. The molecule has 2 aliphatic rings. The summed E-state index contributed by atoms with van der Waals surface area (Å²) >= 11 is 0. The first-order valence-electron chi connectivity index (χ1n) is 11.0. The maximum absolute atomic E-state index is 13.4. The summed E-state index contributed by atoms with van der Waals surface area (Å²) in [5.74, 6) is -0.435. The SMILES string of the molecule is O=C(CN1C(=O)N[C@]2(CCOc3ccccc32)C1=O)Nc1ccccc1C(=O)NCc1ccco1. The average molecular weight is 474 g/mol. The number of carbonyl (C=O) groups is 4. The number of fused-ring (bicyclic) bond motifs is 2. The minimum absolute atomic E-state index is 0.184. The molecule has 3 heterocycles. The van der Waals surface area contributed by atoms with Crippen molar-refractivity contribution in [1.82, 2.24) is 15.5 Å². The molecule has 5 amide bonds. The third-order valence-electron chi connectivity index (χ3n) is 6.01. The van der Waals surface area contributed by atoms with Crippen LogP contribution < -0.4 is 20.7 Å². The first-order valence-corrected chi connectivity index (χ1v) is 11.0. The monoisotopic (exact) mass is 474 g/mol. The van der Waals surface area contributed by atoms with E-state index in [2.05, 4.69) is 16.0 Å². The number of hydrogen-bond donors (Lipinski definition) is 3. The first kappa shape index (κ1) is 22.2. The average Bonchev–Trinajstić information content (AvgIpc) is 3.46. The number of hydrogen-bond acceptors (Lipinski definition) is 6. The molecule has 1 atom stereocenters. The number of para-hydroxylation sites is 2. The predicted octanol–water partition coefficient (Wildman–Crippen LogP) is 2.38. The second kappa shape index (κ2) is 8.98. The van der Waals surface area contributed by atoms with E-state index in [1.165, 1.54) is 6.26 Å². The van der Waals surface area contributed by atoms with Crippen molar-refractivity contribution in [3.8, 4) is 5.75 Å². The highest BCUT2D eigenvalue weighted by molar-refractivity contribution is 6.11. The third kappa shape index (κ3) is 4.10. The maximum Gasteiger partial charge on any atom is 0.325 e. The maximum atomic E-state index is 13.4. The molecule has 5 rings (SSSR count). The lowest BCUT2D eigenvalue weighted by molar-refractivity contribution is -0.135. The molecular formula is C25H22N4O6. The second-order valence-corrected chi connectivity index (χ2v) is 8.18. The fourth-order valence-corrected chi connectivity index (χ4v) is 4.31. The Morgan fingerprint density at radius 2 is 1.83 bits per heavy atom. The Kier molecular flexibility index (Phi) is 5.69. The summed E-state index contributed by atoms with van der Waals surface area (Å²) in [5.41, 5.74) is -0.214. The van der Waals surface area contributed by atoms with Gasteiger partial charge in [0.25, 0.3) is 11.8 Å². The molecule has 0 bridgehead atoms. The van der Waals surface area contributed by atoms with Crippen molar-refractivity contribution in [3.05, 3.63) is 83.8 Å². The van der Waals surface area contributed by atoms with Gasteiger partial charge >= 0.3 is 6.03 Å². The van der Waals surface area contributed by atoms with Crippen LogP contribution >= 0.6 is 0 Å². The molecular weight excluding hydrogens is 452 g/mol. The lowest BCUT2D eigenvalue weighted by Gasteiger charge is -2.33. The zero-order chi connectivity index (χ0) is 24.4. The number of ether oxygens (including phenoxy) is 1. The number of rotatable bonds is 6. The van der Waals surface area contributed by atoms with E-state index in [1.807, 2.05) is 0 Å². The molecule has 3 N–H and O–H groups in total. The van der Waals surface area contributed by atoms with Gasteiger partial charge in [0.1, 0.15) is 18.1 Å². The van der Waals surface area contributed by atoms with Crippen LogP contribution in [0.15, 0.2) is 71.3 Å². The summed E-state index contributed by atoms with van der Waals surface area (Å²) in [7, 11) is 0. The van der Waals surface area contributed by atoms with Gasteiger partial charge in [0.05, 0.1) is 30.7 Å². The van der Waals surface area contributed by atoms with E-state index in [0.717, 1.165) is 4.90 Å². The molecule has 10 heteroatoms. The van der Waals surface area contributed by atoms with Crippen molar-refractivity contribution in [1.29, 1.82) is 0 Å². The predicted molar refractivity (Wildman–Crippen MR) is 123 cm³/mol. The zero-order valence-corrected chi connectivity index (χ0v) is 18.6. The van der Waals surface area contributed by atoms with E-state index < -0.39 is 35.8 Å². The minimum atomic E-state index is -1.27. The van der Waals surface area contributed by atoms with Crippen molar-refractivity contribution in [3.63, 3.8) is 0 Å². The standard InChI is InChI=1S/C25H22N4O6/c30-21(27-19-9-3-1-7-17(19)22(31)26-14-16-6-5-12-34-16)15-29-23(32)25(28-24(29)33)11-13-35-20-10-4-2-8-18(20)25/h1-10,12H,11,13-15H2,(H,26,31)(H,27,30)(H,28,33)/t25-/m0/s1. The van der Waals surface area contributed by atoms with Gasteiger partial charge in [-0.3, -0.25) is 19.3 Å². The van der Waals surface area contributed by atoms with Gasteiger partial charge in [0.15, 0.2) is 5.54 Å². The van der Waals surface area contributed by atoms with Crippen LogP contribution in [0.3, 0.4) is 0 Å². The highest BCUT2D eigenvalue weighted by atomic mass is 16.5. The van der Waals surface area contributed by atoms with Crippen LogP contribution in [-0.2, 0) is 21.7 Å². The van der Waals surface area contributed by atoms with Gasteiger partial charge in [-0.25, -0.2) is 4.79 Å². The number of nitrogens with zero attached hydrogens (tertiary/aromatic N) is 1. The largest absolute Gasteiger partial charge is 0.493 e. The highest BCUT2D eigenvalue weighted by Gasteiger charge is 2.55. The lowest BCUT2D eigenvalue weighted by atomic mass is 9.84. The van der Waals surface area contributed by atoms with Crippen molar-refractivity contribution in [2.45, 2.75) is 18.5 Å². The number of anilines is 1. The molecule has 0 aliphatic carbocycles. The Balaban J connectivity index is 1.29. The van der Waals surface area contributed by atoms with E-state index in [9.17, 15) is 19.2 Å². The van der Waals surface area contributed by atoms with Crippen molar-refractivity contribution in [2.24, 2.45) is 0 Å². The van der Waals surface area contributed by atoms with Gasteiger partial charge in [0.2, 0.25) is 5.91 Å². The molecule has 2 aromatic carbocycles. The van der Waals surface area contributed by atoms with Crippen LogP contribution in [-0.4, -0.2) is 41.8 Å². The van der Waals surface area contributed by atoms with Crippen LogP contribution in [0, 0.1) is 0 Å². The quantitative estimate of drug-likeness (QED) is 0.471. The summed E-state index contributed by atoms with van der Waals surface area (Å²) in [6, 6.07) is 16.3. The smallest absolute Gasteiger partial charge is 0.325 e. The Labute approximate surface area is 200 Å². The molecule has 178 valence electrons. The summed E-state index contributed by atoms with van der Waals surface area (Å²) in [4.78, 5) is 52.5. The van der Waals surface area contributed by atoms with Gasteiger partial charge < -0.3 is 25.1 Å². The molecule has 0 radical (unpaired) electrons. The molecule has 35 heavy (non-hydrogen) atoms. The summed E-state index contributed by atoms with van der Waals surface area (Å²) < 4.78 is 10.8. The Morgan fingerprint density at radius 1 is 1.03 bits per heavy atom. The van der Waals surface area contributed by atoms with Crippen molar-refractivity contribution >= 4 is 29.4 Å². The number of benzene rings is 2. The van der Waals surface area contributed by atoms with Crippen LogP contribution in [0.1, 0.15) is 28.1 Å². The number of carbonyl (C=O) groups excluding carboxylic acids is 4. The number of amides is 5.